The number of carbonyl (C=O) groups is 1. The summed E-state index contributed by atoms with van der Waals surface area (Å²) in [4.78, 5) is 15.8. The third-order valence-corrected chi connectivity index (χ3v) is 2.67. The van der Waals surface area contributed by atoms with Crippen molar-refractivity contribution in [3.63, 3.8) is 0 Å². The maximum Gasteiger partial charge on any atom is 0.239 e. The Morgan fingerprint density at radius 2 is 2.05 bits per heavy atom. The summed E-state index contributed by atoms with van der Waals surface area (Å²) in [5, 5.41) is 17.8. The van der Waals surface area contributed by atoms with Gasteiger partial charge in [0.15, 0.2) is 5.96 Å². The molecular formula is C16H23N5O. The summed E-state index contributed by atoms with van der Waals surface area (Å²) in [6.07, 6.45) is 0. The van der Waals surface area contributed by atoms with Crippen LogP contribution in [0.5, 0.6) is 0 Å². The molecule has 1 aromatic carbocycles. The lowest BCUT2D eigenvalue weighted by Crippen LogP contribution is -2.48. The lowest BCUT2D eigenvalue weighted by Gasteiger charge is -2.21. The van der Waals surface area contributed by atoms with Gasteiger partial charge in [-0.2, -0.15) is 5.26 Å². The van der Waals surface area contributed by atoms with E-state index in [4.69, 9.17) is 5.26 Å². The van der Waals surface area contributed by atoms with Crippen molar-refractivity contribution < 1.29 is 4.79 Å². The Morgan fingerprint density at radius 1 is 1.32 bits per heavy atom. The molecule has 0 unspecified atom stereocenters. The molecule has 0 aliphatic rings. The van der Waals surface area contributed by atoms with Gasteiger partial charge in [0, 0.05) is 19.1 Å². The molecule has 0 aliphatic carbocycles. The van der Waals surface area contributed by atoms with Gasteiger partial charge < -0.3 is 16.0 Å². The molecule has 0 heterocycles. The fraction of sp³-hybridized carbons (Fsp3) is 0.438. The first-order valence-corrected chi connectivity index (χ1v) is 7.08. The third kappa shape index (κ3) is 6.75. The molecule has 1 rings (SSSR count). The summed E-state index contributed by atoms with van der Waals surface area (Å²) in [5.41, 5.74) is 1.33. The summed E-state index contributed by atoms with van der Waals surface area (Å²) in [7, 11) is 1.64. The number of rotatable bonds is 4. The van der Waals surface area contributed by atoms with E-state index >= 15 is 0 Å². The van der Waals surface area contributed by atoms with Crippen LogP contribution in [0.15, 0.2) is 29.3 Å². The van der Waals surface area contributed by atoms with Crippen molar-refractivity contribution in [3.8, 4) is 6.07 Å². The summed E-state index contributed by atoms with van der Waals surface area (Å²) >= 11 is 0. The van der Waals surface area contributed by atoms with E-state index in [1.807, 2.05) is 39.0 Å². The fourth-order valence-electron chi connectivity index (χ4n) is 1.78. The second-order valence-corrected chi connectivity index (χ2v) is 5.89. The molecule has 1 amide bonds. The van der Waals surface area contributed by atoms with Crippen LogP contribution >= 0.6 is 0 Å². The van der Waals surface area contributed by atoms with Crippen LogP contribution < -0.4 is 16.0 Å². The number of hydrogen-bond acceptors (Lipinski definition) is 3. The van der Waals surface area contributed by atoms with Crippen LogP contribution in [0, 0.1) is 11.3 Å². The number of nitrogens with one attached hydrogen (secondary N) is 3. The number of carbonyl (C=O) groups excluding carboxylic acids is 1. The molecule has 6 heteroatoms. The normalized spacial score (nSPS) is 11.5. The van der Waals surface area contributed by atoms with E-state index in [1.54, 1.807) is 13.1 Å². The van der Waals surface area contributed by atoms with Gasteiger partial charge in [-0.25, -0.2) is 0 Å². The fourth-order valence-corrected chi connectivity index (χ4v) is 1.78. The van der Waals surface area contributed by atoms with Crippen molar-refractivity contribution in [2.45, 2.75) is 32.9 Å². The Kier molecular flexibility index (Phi) is 6.39. The van der Waals surface area contributed by atoms with Gasteiger partial charge in [-0.1, -0.05) is 12.1 Å². The summed E-state index contributed by atoms with van der Waals surface area (Å²) in [6, 6.07) is 9.43. The van der Waals surface area contributed by atoms with E-state index in [9.17, 15) is 4.79 Å². The van der Waals surface area contributed by atoms with Crippen molar-refractivity contribution in [2.75, 3.05) is 13.6 Å². The summed E-state index contributed by atoms with van der Waals surface area (Å²) < 4.78 is 0. The van der Waals surface area contributed by atoms with Gasteiger partial charge in [0.1, 0.15) is 0 Å². The number of nitrogens with zero attached hydrogens (tertiary/aromatic N) is 2. The number of nitriles is 1. The van der Waals surface area contributed by atoms with Crippen molar-refractivity contribution in [1.82, 2.24) is 16.0 Å². The van der Waals surface area contributed by atoms with Crippen LogP contribution in [0.2, 0.25) is 0 Å². The molecule has 3 N–H and O–H groups in total. The highest BCUT2D eigenvalue weighted by Crippen LogP contribution is 2.03. The van der Waals surface area contributed by atoms with Crippen LogP contribution in [0.25, 0.3) is 0 Å². The maximum absolute atomic E-state index is 11.7. The standard InChI is InChI=1S/C16H23N5O/c1-16(2,3)21-14(22)11-20-15(18-4)19-10-13-7-5-6-12(8-13)9-17/h5-8H,10-11H2,1-4H3,(H,21,22)(H2,18,19,20). The topological polar surface area (TPSA) is 89.3 Å². The summed E-state index contributed by atoms with van der Waals surface area (Å²) in [5.74, 6) is 0.438. The zero-order valence-electron chi connectivity index (χ0n) is 13.5. The molecule has 22 heavy (non-hydrogen) atoms. The Labute approximate surface area is 131 Å². The summed E-state index contributed by atoms with van der Waals surface area (Å²) in [6.45, 7) is 6.46. The van der Waals surface area contributed by atoms with E-state index in [0.717, 1.165) is 5.56 Å². The minimum absolute atomic E-state index is 0.0954. The molecule has 6 nitrogen and oxygen atoms in total. The van der Waals surface area contributed by atoms with Crippen molar-refractivity contribution in [2.24, 2.45) is 4.99 Å². The second-order valence-electron chi connectivity index (χ2n) is 5.89. The molecule has 0 saturated carbocycles. The predicted molar refractivity (Wildman–Crippen MR) is 87.3 cm³/mol. The highest BCUT2D eigenvalue weighted by molar-refractivity contribution is 5.86. The van der Waals surface area contributed by atoms with Gasteiger partial charge in [-0.3, -0.25) is 9.79 Å². The van der Waals surface area contributed by atoms with Crippen LogP contribution in [-0.4, -0.2) is 31.0 Å². The number of benzene rings is 1. The Hall–Kier alpha value is -2.55. The molecule has 0 saturated heterocycles. The van der Waals surface area contributed by atoms with Gasteiger partial charge in [-0.15, -0.1) is 0 Å². The molecule has 0 aromatic heterocycles. The lowest BCUT2D eigenvalue weighted by atomic mass is 10.1. The van der Waals surface area contributed by atoms with Gasteiger partial charge in [0.25, 0.3) is 0 Å². The van der Waals surface area contributed by atoms with Gasteiger partial charge >= 0.3 is 0 Å². The first-order valence-electron chi connectivity index (χ1n) is 7.08. The Bertz CT molecular complexity index is 581. The van der Waals surface area contributed by atoms with Gasteiger partial charge in [0.2, 0.25) is 5.91 Å². The van der Waals surface area contributed by atoms with Crippen molar-refractivity contribution in [1.29, 1.82) is 5.26 Å². The molecular weight excluding hydrogens is 278 g/mol. The SMILES string of the molecule is CN=C(NCC(=O)NC(C)(C)C)NCc1cccc(C#N)c1. The van der Waals surface area contributed by atoms with Crippen molar-refractivity contribution in [3.05, 3.63) is 35.4 Å². The predicted octanol–water partition coefficient (Wildman–Crippen LogP) is 1.14. The average Bonchev–Trinajstić information content (AvgIpc) is 2.46. The van der Waals surface area contributed by atoms with E-state index in [1.165, 1.54) is 0 Å². The van der Waals surface area contributed by atoms with E-state index < -0.39 is 0 Å². The monoisotopic (exact) mass is 301 g/mol. The van der Waals surface area contributed by atoms with E-state index in [2.05, 4.69) is 27.0 Å². The molecule has 1 aromatic rings. The quantitative estimate of drug-likeness (QED) is 0.574. The van der Waals surface area contributed by atoms with Gasteiger partial charge in [0.05, 0.1) is 18.2 Å². The minimum Gasteiger partial charge on any atom is -0.352 e. The van der Waals surface area contributed by atoms with Crippen LogP contribution in [0.4, 0.5) is 0 Å². The maximum atomic E-state index is 11.7. The molecule has 0 atom stereocenters. The smallest absolute Gasteiger partial charge is 0.239 e. The van der Waals surface area contributed by atoms with Crippen LogP contribution in [0.3, 0.4) is 0 Å². The minimum atomic E-state index is -0.257. The number of amides is 1. The second kappa shape index (κ2) is 8.03. The Balaban J connectivity index is 2.46. The number of guanidine groups is 1. The third-order valence-electron chi connectivity index (χ3n) is 2.67. The first kappa shape index (κ1) is 17.5. The molecule has 0 bridgehead atoms. The molecule has 0 fully saturated rings. The molecule has 0 radical (unpaired) electrons. The van der Waals surface area contributed by atoms with Gasteiger partial charge in [-0.05, 0) is 38.5 Å². The molecule has 0 aliphatic heterocycles. The molecule has 0 spiro atoms. The zero-order chi connectivity index (χ0) is 16.6. The first-order chi connectivity index (χ1) is 10.3. The zero-order valence-corrected chi connectivity index (χ0v) is 13.5. The Morgan fingerprint density at radius 3 is 2.64 bits per heavy atom. The van der Waals surface area contributed by atoms with Crippen LogP contribution in [0.1, 0.15) is 31.9 Å². The van der Waals surface area contributed by atoms with E-state index in [0.29, 0.717) is 18.1 Å². The number of aliphatic imine (C=N–C) groups is 1. The average molecular weight is 301 g/mol. The highest BCUT2D eigenvalue weighted by Gasteiger charge is 2.13. The van der Waals surface area contributed by atoms with Crippen molar-refractivity contribution >= 4 is 11.9 Å². The van der Waals surface area contributed by atoms with E-state index in [-0.39, 0.29) is 18.0 Å². The highest BCUT2D eigenvalue weighted by atomic mass is 16.2. The lowest BCUT2D eigenvalue weighted by molar-refractivity contribution is -0.121. The largest absolute Gasteiger partial charge is 0.352 e. The molecule has 118 valence electrons. The number of hydrogen-bond donors (Lipinski definition) is 3. The van der Waals surface area contributed by atoms with Crippen LogP contribution in [-0.2, 0) is 11.3 Å².